The molecule has 1 heterocycles. The lowest BCUT2D eigenvalue weighted by Crippen LogP contribution is -2.08. The van der Waals surface area contributed by atoms with Crippen LogP contribution in [0.1, 0.15) is 33.6 Å². The zero-order valence-electron chi connectivity index (χ0n) is 9.82. The molecule has 0 saturated carbocycles. The van der Waals surface area contributed by atoms with Gasteiger partial charge in [-0.3, -0.25) is 4.79 Å². The molecule has 0 aromatic rings. The summed E-state index contributed by atoms with van der Waals surface area (Å²) in [6, 6.07) is 0. The molecule has 1 atom stereocenters. The lowest BCUT2D eigenvalue weighted by atomic mass is 10.1. The Kier molecular flexibility index (Phi) is 7.33. The van der Waals surface area contributed by atoms with Gasteiger partial charge in [0, 0.05) is 6.42 Å². The summed E-state index contributed by atoms with van der Waals surface area (Å²) in [5.41, 5.74) is 1.02. The number of hydrogen-bond donors (Lipinski definition) is 0. The summed E-state index contributed by atoms with van der Waals surface area (Å²) in [6.07, 6.45) is 8.71. The van der Waals surface area contributed by atoms with Gasteiger partial charge in [-0.25, -0.2) is 0 Å². The normalized spacial score (nSPS) is 20.9. The van der Waals surface area contributed by atoms with Crippen LogP contribution in [0.25, 0.3) is 0 Å². The Hall–Kier alpha value is -1.31. The van der Waals surface area contributed by atoms with Crippen molar-refractivity contribution in [1.82, 2.24) is 0 Å². The Bertz CT molecular complexity index is 262. The molecule has 0 radical (unpaired) electrons. The van der Waals surface area contributed by atoms with E-state index in [0.29, 0.717) is 6.42 Å². The highest BCUT2D eigenvalue weighted by Crippen LogP contribution is 2.21. The van der Waals surface area contributed by atoms with Crippen LogP contribution < -0.4 is 0 Å². The Balaban J connectivity index is 0.000000921. The summed E-state index contributed by atoms with van der Waals surface area (Å²) in [4.78, 5) is 10.9. The maximum Gasteiger partial charge on any atom is 0.306 e. The van der Waals surface area contributed by atoms with E-state index in [0.717, 1.165) is 12.0 Å². The van der Waals surface area contributed by atoms with Crippen LogP contribution in [-0.2, 0) is 9.53 Å². The highest BCUT2D eigenvalue weighted by Gasteiger charge is 2.24. The van der Waals surface area contributed by atoms with Crippen molar-refractivity contribution in [3.63, 3.8) is 0 Å². The fourth-order valence-corrected chi connectivity index (χ4v) is 1.36. The van der Waals surface area contributed by atoms with Gasteiger partial charge in [0.2, 0.25) is 0 Å². The number of ether oxygens (including phenoxy) is 1. The van der Waals surface area contributed by atoms with Gasteiger partial charge in [0.1, 0.15) is 6.10 Å². The van der Waals surface area contributed by atoms with Crippen molar-refractivity contribution in [2.75, 3.05) is 0 Å². The van der Waals surface area contributed by atoms with Crippen LogP contribution in [0.2, 0.25) is 0 Å². The molecule has 1 aliphatic rings. The van der Waals surface area contributed by atoms with E-state index in [4.69, 9.17) is 4.74 Å². The van der Waals surface area contributed by atoms with Crippen molar-refractivity contribution in [3.05, 3.63) is 36.5 Å². The monoisotopic (exact) mass is 208 g/mol. The number of esters is 1. The van der Waals surface area contributed by atoms with Crippen LogP contribution in [0, 0.1) is 0 Å². The van der Waals surface area contributed by atoms with Crippen LogP contribution >= 0.6 is 0 Å². The molecule has 0 aromatic heterocycles. The Labute approximate surface area is 92.3 Å². The van der Waals surface area contributed by atoms with Crippen molar-refractivity contribution in [2.45, 2.75) is 39.7 Å². The SMILES string of the molecule is C=C/C=C(\C=C/C)C1CCC(=O)O1.CC. The predicted molar refractivity (Wildman–Crippen MR) is 63.6 cm³/mol. The minimum atomic E-state index is -0.107. The summed E-state index contributed by atoms with van der Waals surface area (Å²) in [6.45, 7) is 9.56. The van der Waals surface area contributed by atoms with Gasteiger partial charge in [0.15, 0.2) is 0 Å². The van der Waals surface area contributed by atoms with E-state index < -0.39 is 0 Å². The highest BCUT2D eigenvalue weighted by molar-refractivity contribution is 5.72. The average molecular weight is 208 g/mol. The maximum atomic E-state index is 10.9. The minimum absolute atomic E-state index is 0.0679. The molecule has 0 spiro atoms. The molecule has 2 heteroatoms. The van der Waals surface area contributed by atoms with Crippen LogP contribution in [0.4, 0.5) is 0 Å². The van der Waals surface area contributed by atoms with Gasteiger partial charge in [-0.15, -0.1) is 0 Å². The molecule has 2 nitrogen and oxygen atoms in total. The van der Waals surface area contributed by atoms with Gasteiger partial charge in [-0.2, -0.15) is 0 Å². The Morgan fingerprint density at radius 1 is 1.53 bits per heavy atom. The standard InChI is InChI=1S/C11H14O2.C2H6/c1-3-5-9(6-4-2)10-7-8-11(12)13-10;1-2/h3-6,10H,1,7-8H2,2H3;1-2H3/b6-4-,9-5+;. The van der Waals surface area contributed by atoms with E-state index in [-0.39, 0.29) is 12.1 Å². The number of rotatable bonds is 3. The van der Waals surface area contributed by atoms with Crippen molar-refractivity contribution < 1.29 is 9.53 Å². The summed E-state index contributed by atoms with van der Waals surface area (Å²) in [5, 5.41) is 0. The maximum absolute atomic E-state index is 10.9. The molecule has 1 aliphatic heterocycles. The van der Waals surface area contributed by atoms with Gasteiger partial charge in [0.05, 0.1) is 0 Å². The van der Waals surface area contributed by atoms with Crippen LogP contribution in [0.3, 0.4) is 0 Å². The zero-order chi connectivity index (χ0) is 11.7. The van der Waals surface area contributed by atoms with Crippen molar-refractivity contribution in [2.24, 2.45) is 0 Å². The van der Waals surface area contributed by atoms with Crippen LogP contribution in [0.15, 0.2) is 36.5 Å². The lowest BCUT2D eigenvalue weighted by molar-refractivity contribution is -0.140. The van der Waals surface area contributed by atoms with Gasteiger partial charge in [-0.05, 0) is 18.9 Å². The first kappa shape index (κ1) is 13.7. The largest absolute Gasteiger partial charge is 0.457 e. The molecule has 1 saturated heterocycles. The van der Waals surface area contributed by atoms with Crippen molar-refractivity contribution in [1.29, 1.82) is 0 Å². The predicted octanol–water partition coefficient (Wildman–Crippen LogP) is 3.41. The summed E-state index contributed by atoms with van der Waals surface area (Å²) < 4.78 is 5.12. The van der Waals surface area contributed by atoms with E-state index >= 15 is 0 Å². The molecule has 84 valence electrons. The zero-order valence-corrected chi connectivity index (χ0v) is 9.82. The second-order valence-electron chi connectivity index (χ2n) is 2.92. The second kappa shape index (κ2) is 8.04. The topological polar surface area (TPSA) is 26.3 Å². The molecule has 0 N–H and O–H groups in total. The third-order valence-electron chi connectivity index (χ3n) is 1.93. The molecule has 0 amide bonds. The van der Waals surface area contributed by atoms with E-state index in [1.165, 1.54) is 0 Å². The van der Waals surface area contributed by atoms with Crippen LogP contribution in [0.5, 0.6) is 0 Å². The van der Waals surface area contributed by atoms with E-state index in [9.17, 15) is 4.79 Å². The molecule has 1 fully saturated rings. The van der Waals surface area contributed by atoms with Crippen molar-refractivity contribution >= 4 is 5.97 Å². The third kappa shape index (κ3) is 4.63. The van der Waals surface area contributed by atoms with Crippen LogP contribution in [-0.4, -0.2) is 12.1 Å². The summed E-state index contributed by atoms with van der Waals surface area (Å²) in [7, 11) is 0. The average Bonchev–Trinajstić information content (AvgIpc) is 2.68. The molecule has 0 aliphatic carbocycles. The van der Waals surface area contributed by atoms with Gasteiger partial charge in [0.25, 0.3) is 0 Å². The summed E-state index contributed by atoms with van der Waals surface area (Å²) in [5.74, 6) is -0.107. The van der Waals surface area contributed by atoms with E-state index in [1.807, 2.05) is 39.0 Å². The molecular formula is C13H20O2. The number of carbonyl (C=O) groups excluding carboxylic acids is 1. The fourth-order valence-electron chi connectivity index (χ4n) is 1.36. The Morgan fingerprint density at radius 3 is 2.60 bits per heavy atom. The number of allylic oxidation sites excluding steroid dienone is 3. The van der Waals surface area contributed by atoms with Gasteiger partial charge in [-0.1, -0.05) is 44.7 Å². The molecule has 1 rings (SSSR count). The fraction of sp³-hybridized carbons (Fsp3) is 0.462. The summed E-state index contributed by atoms with van der Waals surface area (Å²) >= 11 is 0. The smallest absolute Gasteiger partial charge is 0.306 e. The lowest BCUT2D eigenvalue weighted by Gasteiger charge is -2.09. The third-order valence-corrected chi connectivity index (χ3v) is 1.93. The van der Waals surface area contributed by atoms with E-state index in [2.05, 4.69) is 6.58 Å². The second-order valence-corrected chi connectivity index (χ2v) is 2.92. The minimum Gasteiger partial charge on any atom is -0.457 e. The first-order valence-corrected chi connectivity index (χ1v) is 5.42. The molecule has 1 unspecified atom stereocenters. The molecule has 15 heavy (non-hydrogen) atoms. The highest BCUT2D eigenvalue weighted by atomic mass is 16.5. The quantitative estimate of drug-likeness (QED) is 0.525. The molecule has 0 bridgehead atoms. The number of cyclic esters (lactones) is 1. The van der Waals surface area contributed by atoms with Gasteiger partial charge < -0.3 is 4.74 Å². The number of hydrogen-bond acceptors (Lipinski definition) is 2. The van der Waals surface area contributed by atoms with Gasteiger partial charge >= 0.3 is 5.97 Å². The Morgan fingerprint density at radius 2 is 2.20 bits per heavy atom. The number of carbonyl (C=O) groups is 1. The van der Waals surface area contributed by atoms with E-state index in [1.54, 1.807) is 6.08 Å². The molecular weight excluding hydrogens is 188 g/mol. The molecule has 0 aromatic carbocycles. The first-order chi connectivity index (χ1) is 7.27. The van der Waals surface area contributed by atoms with Crippen molar-refractivity contribution in [3.8, 4) is 0 Å². The first-order valence-electron chi connectivity index (χ1n) is 5.42.